The van der Waals surface area contributed by atoms with E-state index in [0.717, 1.165) is 24.1 Å². The lowest BCUT2D eigenvalue weighted by molar-refractivity contribution is 0.377. The standard InChI is InChI=1S/C10H16N4O/c1-15-9-7(5-11)8(6-3-2-4-6)13-10(12)14-9/h6H,2-5,11H2,1H3,(H2,12,13,14). The number of nitrogens with zero attached hydrogens (tertiary/aromatic N) is 2. The van der Waals surface area contributed by atoms with Gasteiger partial charge in [-0.1, -0.05) is 6.42 Å². The Hall–Kier alpha value is -1.36. The van der Waals surface area contributed by atoms with Gasteiger partial charge in [0.2, 0.25) is 11.8 Å². The summed E-state index contributed by atoms with van der Waals surface area (Å²) in [5.74, 6) is 1.28. The van der Waals surface area contributed by atoms with E-state index in [1.165, 1.54) is 6.42 Å². The highest BCUT2D eigenvalue weighted by Gasteiger charge is 2.26. The second-order valence-electron chi connectivity index (χ2n) is 3.79. The Labute approximate surface area is 88.8 Å². The van der Waals surface area contributed by atoms with Gasteiger partial charge >= 0.3 is 0 Å². The van der Waals surface area contributed by atoms with Gasteiger partial charge < -0.3 is 16.2 Å². The zero-order chi connectivity index (χ0) is 10.8. The Balaban J connectivity index is 2.44. The van der Waals surface area contributed by atoms with E-state index in [9.17, 15) is 0 Å². The molecule has 15 heavy (non-hydrogen) atoms. The summed E-state index contributed by atoms with van der Waals surface area (Å²) in [5, 5.41) is 0. The molecule has 0 atom stereocenters. The number of nitrogen functional groups attached to an aromatic ring is 1. The third-order valence-corrected chi connectivity index (χ3v) is 2.91. The zero-order valence-corrected chi connectivity index (χ0v) is 8.86. The molecule has 5 nitrogen and oxygen atoms in total. The first-order valence-electron chi connectivity index (χ1n) is 5.16. The van der Waals surface area contributed by atoms with Crippen LogP contribution in [0.4, 0.5) is 5.95 Å². The predicted octanol–water partition coefficient (Wildman–Crippen LogP) is 0.794. The molecule has 0 unspecified atom stereocenters. The van der Waals surface area contributed by atoms with Gasteiger partial charge in [0, 0.05) is 18.0 Å². The van der Waals surface area contributed by atoms with E-state index < -0.39 is 0 Å². The normalized spacial score (nSPS) is 16.1. The van der Waals surface area contributed by atoms with Crippen molar-refractivity contribution in [2.24, 2.45) is 5.73 Å². The van der Waals surface area contributed by atoms with Crippen molar-refractivity contribution in [3.8, 4) is 5.88 Å². The SMILES string of the molecule is COc1nc(N)nc(C2CCC2)c1CN. The highest BCUT2D eigenvalue weighted by atomic mass is 16.5. The van der Waals surface area contributed by atoms with Gasteiger partial charge in [0.1, 0.15) is 0 Å². The molecule has 1 aromatic heterocycles. The molecule has 0 amide bonds. The lowest BCUT2D eigenvalue weighted by Crippen LogP contribution is -2.18. The highest BCUT2D eigenvalue weighted by Crippen LogP contribution is 2.38. The summed E-state index contributed by atoms with van der Waals surface area (Å²) >= 11 is 0. The average Bonchev–Trinajstić information content (AvgIpc) is 2.14. The maximum absolute atomic E-state index is 5.69. The van der Waals surface area contributed by atoms with Crippen molar-refractivity contribution in [2.45, 2.75) is 31.7 Å². The van der Waals surface area contributed by atoms with E-state index in [2.05, 4.69) is 9.97 Å². The van der Waals surface area contributed by atoms with Crippen molar-refractivity contribution < 1.29 is 4.74 Å². The van der Waals surface area contributed by atoms with Crippen molar-refractivity contribution in [3.05, 3.63) is 11.3 Å². The number of hydrogen-bond donors (Lipinski definition) is 2. The fourth-order valence-electron chi connectivity index (χ4n) is 1.88. The van der Waals surface area contributed by atoms with Gasteiger partial charge in [0.15, 0.2) is 0 Å². The summed E-state index contributed by atoms with van der Waals surface area (Å²) in [6.45, 7) is 0.398. The second-order valence-corrected chi connectivity index (χ2v) is 3.79. The number of aromatic nitrogens is 2. The minimum Gasteiger partial charge on any atom is -0.481 e. The lowest BCUT2D eigenvalue weighted by atomic mass is 9.81. The number of anilines is 1. The molecular weight excluding hydrogens is 192 g/mol. The fourth-order valence-corrected chi connectivity index (χ4v) is 1.88. The maximum atomic E-state index is 5.69. The van der Waals surface area contributed by atoms with E-state index >= 15 is 0 Å². The quantitative estimate of drug-likeness (QED) is 0.767. The molecule has 1 fully saturated rings. The Morgan fingerprint density at radius 1 is 1.40 bits per heavy atom. The summed E-state index contributed by atoms with van der Waals surface area (Å²) in [7, 11) is 1.57. The first-order valence-corrected chi connectivity index (χ1v) is 5.16. The summed E-state index contributed by atoms with van der Waals surface area (Å²) in [6.07, 6.45) is 3.57. The van der Waals surface area contributed by atoms with Crippen molar-refractivity contribution in [1.82, 2.24) is 9.97 Å². The van der Waals surface area contributed by atoms with Crippen LogP contribution in [0.15, 0.2) is 0 Å². The molecule has 0 saturated heterocycles. The van der Waals surface area contributed by atoms with Gasteiger partial charge in [0.25, 0.3) is 0 Å². The smallest absolute Gasteiger partial charge is 0.223 e. The van der Waals surface area contributed by atoms with Crippen LogP contribution in [0.1, 0.15) is 36.4 Å². The Morgan fingerprint density at radius 2 is 2.13 bits per heavy atom. The van der Waals surface area contributed by atoms with Crippen LogP contribution in [0.3, 0.4) is 0 Å². The highest BCUT2D eigenvalue weighted by molar-refractivity contribution is 5.38. The Bertz CT molecular complexity index is 363. The number of hydrogen-bond acceptors (Lipinski definition) is 5. The average molecular weight is 208 g/mol. The molecule has 1 aliphatic carbocycles. The van der Waals surface area contributed by atoms with Gasteiger partial charge in [-0.2, -0.15) is 4.98 Å². The van der Waals surface area contributed by atoms with Crippen molar-refractivity contribution >= 4 is 5.95 Å². The lowest BCUT2D eigenvalue weighted by Gasteiger charge is -2.27. The van der Waals surface area contributed by atoms with Crippen LogP contribution in [0.5, 0.6) is 5.88 Å². The summed E-state index contributed by atoms with van der Waals surface area (Å²) in [6, 6.07) is 0. The van der Waals surface area contributed by atoms with Crippen LogP contribution >= 0.6 is 0 Å². The summed E-state index contributed by atoms with van der Waals surface area (Å²) < 4.78 is 5.17. The molecule has 1 saturated carbocycles. The van der Waals surface area contributed by atoms with E-state index in [-0.39, 0.29) is 5.95 Å². The molecule has 82 valence electrons. The largest absolute Gasteiger partial charge is 0.481 e. The number of nitrogens with two attached hydrogens (primary N) is 2. The number of rotatable bonds is 3. The van der Waals surface area contributed by atoms with Crippen molar-refractivity contribution in [1.29, 1.82) is 0 Å². The maximum Gasteiger partial charge on any atom is 0.223 e. The van der Waals surface area contributed by atoms with Crippen LogP contribution in [-0.2, 0) is 6.54 Å². The van der Waals surface area contributed by atoms with Crippen molar-refractivity contribution in [3.63, 3.8) is 0 Å². The van der Waals surface area contributed by atoms with Gasteiger partial charge in [-0.3, -0.25) is 0 Å². The van der Waals surface area contributed by atoms with Crippen LogP contribution in [-0.4, -0.2) is 17.1 Å². The molecule has 0 bridgehead atoms. The minimum absolute atomic E-state index is 0.269. The molecule has 1 aliphatic rings. The topological polar surface area (TPSA) is 87.0 Å². The van der Waals surface area contributed by atoms with Crippen LogP contribution in [0.25, 0.3) is 0 Å². The van der Waals surface area contributed by atoms with Gasteiger partial charge in [-0.05, 0) is 12.8 Å². The van der Waals surface area contributed by atoms with E-state index in [1.54, 1.807) is 7.11 Å². The molecule has 1 heterocycles. The molecule has 0 aliphatic heterocycles. The molecule has 1 aromatic rings. The molecule has 0 radical (unpaired) electrons. The zero-order valence-electron chi connectivity index (χ0n) is 8.86. The predicted molar refractivity (Wildman–Crippen MR) is 57.5 cm³/mol. The summed E-state index contributed by atoms with van der Waals surface area (Å²) in [5.41, 5.74) is 13.2. The van der Waals surface area contributed by atoms with Crippen LogP contribution < -0.4 is 16.2 Å². The van der Waals surface area contributed by atoms with Gasteiger partial charge in [-0.25, -0.2) is 4.98 Å². The fraction of sp³-hybridized carbons (Fsp3) is 0.600. The summed E-state index contributed by atoms with van der Waals surface area (Å²) in [4.78, 5) is 8.31. The van der Waals surface area contributed by atoms with E-state index in [4.69, 9.17) is 16.2 Å². The first kappa shape index (κ1) is 10.2. The molecule has 0 spiro atoms. The minimum atomic E-state index is 0.269. The molecule has 0 aromatic carbocycles. The van der Waals surface area contributed by atoms with Crippen LogP contribution in [0, 0.1) is 0 Å². The third-order valence-electron chi connectivity index (χ3n) is 2.91. The van der Waals surface area contributed by atoms with Gasteiger partial charge in [-0.15, -0.1) is 0 Å². The molecule has 5 heteroatoms. The van der Waals surface area contributed by atoms with Gasteiger partial charge in [0.05, 0.1) is 12.8 Å². The molecular formula is C10H16N4O. The first-order chi connectivity index (χ1) is 7.26. The Morgan fingerprint density at radius 3 is 2.60 bits per heavy atom. The number of methoxy groups -OCH3 is 1. The van der Waals surface area contributed by atoms with Crippen molar-refractivity contribution in [2.75, 3.05) is 12.8 Å². The van der Waals surface area contributed by atoms with Crippen LogP contribution in [0.2, 0.25) is 0 Å². The molecule has 2 rings (SSSR count). The second kappa shape index (κ2) is 4.02. The van der Waals surface area contributed by atoms with E-state index in [0.29, 0.717) is 18.3 Å². The number of ether oxygens (including phenoxy) is 1. The monoisotopic (exact) mass is 208 g/mol. The van der Waals surface area contributed by atoms with E-state index in [1.807, 2.05) is 0 Å². The third kappa shape index (κ3) is 1.74. The Kier molecular flexibility index (Phi) is 2.73. The molecule has 4 N–H and O–H groups in total.